The van der Waals surface area contributed by atoms with Crippen molar-refractivity contribution in [3.63, 3.8) is 0 Å². The number of sulfonamides is 1. The summed E-state index contributed by atoms with van der Waals surface area (Å²) in [6.45, 7) is 1.30. The molecule has 3 aromatic rings. The Morgan fingerprint density at radius 1 is 1.00 bits per heavy atom. The molecular formula is C19H17F2N3O4S. The van der Waals surface area contributed by atoms with E-state index in [2.05, 4.69) is 9.97 Å². The van der Waals surface area contributed by atoms with E-state index < -0.39 is 22.3 Å². The van der Waals surface area contributed by atoms with Crippen LogP contribution < -0.4 is 4.74 Å². The molecule has 0 amide bonds. The second-order valence-corrected chi connectivity index (χ2v) is 8.23. The number of ether oxygens (including phenoxy) is 2. The van der Waals surface area contributed by atoms with Crippen LogP contribution in [0.1, 0.15) is 12.2 Å². The Morgan fingerprint density at radius 2 is 1.69 bits per heavy atom. The third kappa shape index (κ3) is 4.04. The molecule has 2 heterocycles. The van der Waals surface area contributed by atoms with E-state index in [0.717, 1.165) is 0 Å². The maximum absolute atomic E-state index is 13.1. The molecule has 0 spiro atoms. The quantitative estimate of drug-likeness (QED) is 0.628. The fraction of sp³-hybridized carbons (Fsp3) is 0.263. The number of halogens is 2. The highest BCUT2D eigenvalue weighted by atomic mass is 32.2. The predicted molar refractivity (Wildman–Crippen MR) is 101 cm³/mol. The van der Waals surface area contributed by atoms with Crippen molar-refractivity contribution in [2.45, 2.75) is 11.3 Å². The molecule has 0 radical (unpaired) electrons. The zero-order chi connectivity index (χ0) is 20.4. The summed E-state index contributed by atoms with van der Waals surface area (Å²) in [7, 11) is -3.63. The van der Waals surface area contributed by atoms with Crippen LogP contribution in [0.5, 0.6) is 11.6 Å². The fourth-order valence-electron chi connectivity index (χ4n) is 2.97. The molecular weight excluding hydrogens is 404 g/mol. The molecule has 7 nitrogen and oxygen atoms in total. The number of hydrogen-bond donors (Lipinski definition) is 0. The highest BCUT2D eigenvalue weighted by Crippen LogP contribution is 2.30. The van der Waals surface area contributed by atoms with Crippen molar-refractivity contribution < 1.29 is 26.7 Å². The van der Waals surface area contributed by atoms with Crippen molar-refractivity contribution in [2.24, 2.45) is 0 Å². The molecule has 1 saturated heterocycles. The zero-order valence-electron chi connectivity index (χ0n) is 15.2. The van der Waals surface area contributed by atoms with Gasteiger partial charge in [0.05, 0.1) is 29.0 Å². The van der Waals surface area contributed by atoms with Crippen molar-refractivity contribution in [3.05, 3.63) is 54.4 Å². The molecule has 0 aliphatic carbocycles. The third-order valence-corrected chi connectivity index (χ3v) is 6.34. The molecule has 2 aromatic carbocycles. The largest absolute Gasteiger partial charge is 0.438 e. The van der Waals surface area contributed by atoms with Crippen LogP contribution >= 0.6 is 0 Å². The lowest BCUT2D eigenvalue weighted by Crippen LogP contribution is -2.40. The molecule has 29 heavy (non-hydrogen) atoms. The molecule has 1 aliphatic heterocycles. The van der Waals surface area contributed by atoms with Crippen molar-refractivity contribution in [1.82, 2.24) is 14.3 Å². The van der Waals surface area contributed by atoms with Crippen LogP contribution in [0.25, 0.3) is 10.9 Å². The number of benzene rings is 2. The SMILES string of the molecule is O=S(=O)(c1ccc(Oc2nc(C(F)F)nc3ccccc23)cc1)N1CCOCC1. The maximum Gasteiger partial charge on any atom is 0.297 e. The van der Waals surface area contributed by atoms with Crippen molar-refractivity contribution in [2.75, 3.05) is 26.3 Å². The molecule has 1 aromatic heterocycles. The molecule has 0 unspecified atom stereocenters. The Balaban J connectivity index is 1.62. The zero-order valence-corrected chi connectivity index (χ0v) is 16.0. The van der Waals surface area contributed by atoms with E-state index in [-0.39, 0.29) is 16.5 Å². The van der Waals surface area contributed by atoms with Crippen molar-refractivity contribution in [3.8, 4) is 11.6 Å². The number of para-hydroxylation sites is 1. The first kappa shape index (κ1) is 19.6. The maximum atomic E-state index is 13.1. The second kappa shape index (κ2) is 7.97. The van der Waals surface area contributed by atoms with Crippen LogP contribution in [-0.4, -0.2) is 49.0 Å². The van der Waals surface area contributed by atoms with Gasteiger partial charge in [-0.1, -0.05) is 12.1 Å². The minimum absolute atomic E-state index is 0.0188. The van der Waals surface area contributed by atoms with E-state index in [1.54, 1.807) is 24.3 Å². The highest BCUT2D eigenvalue weighted by Gasteiger charge is 2.26. The first-order valence-electron chi connectivity index (χ1n) is 8.86. The summed E-state index contributed by atoms with van der Waals surface area (Å²) in [4.78, 5) is 7.77. The number of fused-ring (bicyclic) bond motifs is 1. The van der Waals surface area contributed by atoms with Crippen LogP contribution in [0.4, 0.5) is 8.78 Å². The van der Waals surface area contributed by atoms with E-state index in [1.165, 1.54) is 28.6 Å². The normalized spacial score (nSPS) is 15.7. The standard InChI is InChI=1S/C19H17F2N3O4S/c20-17(21)18-22-16-4-2-1-3-15(16)19(23-18)28-13-5-7-14(8-6-13)29(25,26)24-9-11-27-12-10-24/h1-8,17H,9-12H2. The number of morpholine rings is 1. The molecule has 10 heteroatoms. The lowest BCUT2D eigenvalue weighted by molar-refractivity contribution is 0.0730. The van der Waals surface area contributed by atoms with Gasteiger partial charge in [-0.2, -0.15) is 9.29 Å². The van der Waals surface area contributed by atoms with Crippen molar-refractivity contribution >= 4 is 20.9 Å². The summed E-state index contributed by atoms with van der Waals surface area (Å²) in [5, 5.41) is 0.474. The monoisotopic (exact) mass is 421 g/mol. The van der Waals surface area contributed by atoms with Gasteiger partial charge in [0.15, 0.2) is 5.82 Å². The number of nitrogens with zero attached hydrogens (tertiary/aromatic N) is 3. The first-order chi connectivity index (χ1) is 13.9. The molecule has 1 aliphatic rings. The number of hydrogen-bond acceptors (Lipinski definition) is 6. The van der Waals surface area contributed by atoms with Crippen LogP contribution in [0, 0.1) is 0 Å². The number of rotatable bonds is 5. The number of aromatic nitrogens is 2. The summed E-state index contributed by atoms with van der Waals surface area (Å²) in [6.07, 6.45) is -2.84. The average Bonchev–Trinajstić information content (AvgIpc) is 2.74. The highest BCUT2D eigenvalue weighted by molar-refractivity contribution is 7.89. The van der Waals surface area contributed by atoms with Gasteiger partial charge in [0.25, 0.3) is 6.43 Å². The summed E-state index contributed by atoms with van der Waals surface area (Å²) in [5.41, 5.74) is 0.333. The molecule has 0 bridgehead atoms. The van der Waals surface area contributed by atoms with Gasteiger partial charge in [-0.15, -0.1) is 0 Å². The lowest BCUT2D eigenvalue weighted by atomic mass is 10.2. The predicted octanol–water partition coefficient (Wildman–Crippen LogP) is 3.38. The summed E-state index contributed by atoms with van der Waals surface area (Å²) in [6, 6.07) is 12.4. The van der Waals surface area contributed by atoms with Gasteiger partial charge in [-0.3, -0.25) is 0 Å². The van der Waals surface area contributed by atoms with Gasteiger partial charge in [0.1, 0.15) is 5.75 Å². The molecule has 152 valence electrons. The minimum atomic E-state index is -3.63. The van der Waals surface area contributed by atoms with E-state index in [0.29, 0.717) is 37.2 Å². The van der Waals surface area contributed by atoms with Gasteiger partial charge >= 0.3 is 0 Å². The fourth-order valence-corrected chi connectivity index (χ4v) is 4.38. The van der Waals surface area contributed by atoms with E-state index in [1.807, 2.05) is 0 Å². The van der Waals surface area contributed by atoms with E-state index in [4.69, 9.17) is 9.47 Å². The Morgan fingerprint density at radius 3 is 2.38 bits per heavy atom. The lowest BCUT2D eigenvalue weighted by Gasteiger charge is -2.26. The molecule has 4 rings (SSSR count). The number of alkyl halides is 2. The minimum Gasteiger partial charge on any atom is -0.438 e. The van der Waals surface area contributed by atoms with Crippen LogP contribution in [-0.2, 0) is 14.8 Å². The van der Waals surface area contributed by atoms with Gasteiger partial charge in [-0.25, -0.2) is 22.2 Å². The Hall–Kier alpha value is -2.69. The topological polar surface area (TPSA) is 81.6 Å². The van der Waals surface area contributed by atoms with Crippen LogP contribution in [0.3, 0.4) is 0 Å². The summed E-state index contributed by atoms with van der Waals surface area (Å²) >= 11 is 0. The average molecular weight is 421 g/mol. The van der Waals surface area contributed by atoms with Gasteiger partial charge in [0, 0.05) is 13.1 Å². The van der Waals surface area contributed by atoms with E-state index >= 15 is 0 Å². The van der Waals surface area contributed by atoms with Gasteiger partial charge in [0.2, 0.25) is 15.9 Å². The van der Waals surface area contributed by atoms with Gasteiger partial charge in [-0.05, 0) is 36.4 Å². The Bertz CT molecular complexity index is 1120. The summed E-state index contributed by atoms with van der Waals surface area (Å²) in [5.74, 6) is -0.380. The molecule has 0 atom stereocenters. The third-order valence-electron chi connectivity index (χ3n) is 4.43. The molecule has 0 N–H and O–H groups in total. The molecule has 0 saturated carbocycles. The second-order valence-electron chi connectivity index (χ2n) is 6.29. The summed E-state index contributed by atoms with van der Waals surface area (Å²) < 4.78 is 63.8. The molecule has 1 fully saturated rings. The van der Waals surface area contributed by atoms with Crippen LogP contribution in [0.15, 0.2) is 53.4 Å². The van der Waals surface area contributed by atoms with Crippen LogP contribution in [0.2, 0.25) is 0 Å². The van der Waals surface area contributed by atoms with Gasteiger partial charge < -0.3 is 9.47 Å². The first-order valence-corrected chi connectivity index (χ1v) is 10.3. The Labute approximate surface area is 166 Å². The smallest absolute Gasteiger partial charge is 0.297 e. The van der Waals surface area contributed by atoms with E-state index in [9.17, 15) is 17.2 Å². The van der Waals surface area contributed by atoms with Crippen molar-refractivity contribution in [1.29, 1.82) is 0 Å². The Kier molecular flexibility index (Phi) is 5.39.